The van der Waals surface area contributed by atoms with E-state index in [2.05, 4.69) is 238 Å². The van der Waals surface area contributed by atoms with Crippen LogP contribution in [-0.2, 0) is 0 Å². The third-order valence-corrected chi connectivity index (χ3v) is 13.6. The first-order chi connectivity index (χ1) is 31.3. The Kier molecular flexibility index (Phi) is 7.11. The lowest BCUT2D eigenvalue weighted by molar-refractivity contribution is 1.15. The van der Waals surface area contributed by atoms with Crippen molar-refractivity contribution in [1.29, 1.82) is 0 Å². The number of hydrogen-bond acceptors (Lipinski definition) is 0. The van der Waals surface area contributed by atoms with E-state index in [1.165, 1.54) is 120 Å². The van der Waals surface area contributed by atoms with Crippen molar-refractivity contribution in [3.8, 4) is 28.2 Å². The predicted molar refractivity (Wildman–Crippen MR) is 267 cm³/mol. The molecule has 0 radical (unpaired) electrons. The fraction of sp³-hybridized carbons (Fsp3) is 0. The van der Waals surface area contributed by atoms with Gasteiger partial charge >= 0.3 is 0 Å². The van der Waals surface area contributed by atoms with Crippen LogP contribution in [0.25, 0.3) is 126 Å². The zero-order chi connectivity index (χ0) is 41.2. The molecule has 63 heavy (non-hydrogen) atoms. The van der Waals surface area contributed by atoms with Crippen LogP contribution in [0.2, 0.25) is 0 Å². The molecule has 3 heterocycles. The first-order valence-corrected chi connectivity index (χ1v) is 21.8. The van der Waals surface area contributed by atoms with Gasteiger partial charge in [0.25, 0.3) is 0 Å². The van der Waals surface area contributed by atoms with E-state index in [0.717, 1.165) is 5.69 Å². The topological polar surface area (TPSA) is 14.8 Å². The third kappa shape index (κ3) is 4.85. The summed E-state index contributed by atoms with van der Waals surface area (Å²) in [5.74, 6) is 0. The normalized spacial score (nSPS) is 12.1. The summed E-state index contributed by atoms with van der Waals surface area (Å²) < 4.78 is 7.39. The van der Waals surface area contributed by atoms with Gasteiger partial charge in [0, 0.05) is 49.1 Å². The van der Waals surface area contributed by atoms with Gasteiger partial charge in [-0.25, -0.2) is 0 Å². The number of hydrogen-bond donors (Lipinski definition) is 0. The van der Waals surface area contributed by atoms with Crippen molar-refractivity contribution in [2.45, 2.75) is 0 Å². The molecule has 0 atom stereocenters. The molecule has 3 aromatic heterocycles. The molecular weight excluding hydrogens is 763 g/mol. The number of fused-ring (bicyclic) bond motifs is 15. The van der Waals surface area contributed by atoms with Crippen LogP contribution in [0.3, 0.4) is 0 Å². The van der Waals surface area contributed by atoms with Gasteiger partial charge < -0.3 is 13.7 Å². The molecule has 292 valence electrons. The van der Waals surface area contributed by atoms with Crippen LogP contribution in [0.4, 0.5) is 0 Å². The number of benzene rings is 11. The smallest absolute Gasteiger partial charge is 0.0567 e. The van der Waals surface area contributed by atoms with Gasteiger partial charge in [-0.1, -0.05) is 152 Å². The van der Waals surface area contributed by atoms with Crippen molar-refractivity contribution in [2.75, 3.05) is 0 Å². The van der Waals surface area contributed by atoms with Crippen LogP contribution in [-0.4, -0.2) is 13.7 Å². The molecule has 0 aliphatic carbocycles. The molecule has 0 fully saturated rings. The Morgan fingerprint density at radius 2 is 0.571 bits per heavy atom. The molecule has 0 unspecified atom stereocenters. The number of aromatic nitrogens is 3. The minimum atomic E-state index is 1.14. The second kappa shape index (κ2) is 13.1. The molecule has 14 rings (SSSR count). The quantitative estimate of drug-likeness (QED) is 0.158. The molecule has 0 aliphatic rings. The lowest BCUT2D eigenvalue weighted by atomic mass is 9.92. The van der Waals surface area contributed by atoms with Crippen LogP contribution in [0, 0.1) is 0 Å². The zero-order valence-electron chi connectivity index (χ0n) is 34.2. The summed E-state index contributed by atoms with van der Waals surface area (Å²) in [6.45, 7) is 0. The van der Waals surface area contributed by atoms with Crippen LogP contribution in [0.1, 0.15) is 0 Å². The van der Waals surface area contributed by atoms with E-state index >= 15 is 0 Å². The summed E-state index contributed by atoms with van der Waals surface area (Å²) >= 11 is 0. The Balaban J connectivity index is 1.07. The SMILES string of the molecule is c1ccc(-n2c3ccccc3c3cc(-c4ccc5c(c4)c4ccccc4n5-c4cc(-n5c6ccccc6c6ccccc65)cc5c6ccccc6c6ccccc6c45)ccc32)cc1. The molecule has 0 N–H and O–H groups in total. The van der Waals surface area contributed by atoms with Crippen LogP contribution < -0.4 is 0 Å². The Bertz CT molecular complexity index is 4150. The molecule has 0 saturated carbocycles. The van der Waals surface area contributed by atoms with Crippen molar-refractivity contribution in [2.24, 2.45) is 0 Å². The molecule has 3 heteroatoms. The van der Waals surface area contributed by atoms with Crippen molar-refractivity contribution in [1.82, 2.24) is 13.7 Å². The highest BCUT2D eigenvalue weighted by atomic mass is 15.0. The minimum Gasteiger partial charge on any atom is -0.309 e. The minimum absolute atomic E-state index is 1.14. The van der Waals surface area contributed by atoms with Crippen LogP contribution in [0.15, 0.2) is 224 Å². The lowest BCUT2D eigenvalue weighted by Gasteiger charge is -2.19. The monoisotopic (exact) mass is 799 g/mol. The Morgan fingerprint density at radius 3 is 1.11 bits per heavy atom. The molecule has 3 nitrogen and oxygen atoms in total. The second-order valence-electron chi connectivity index (χ2n) is 16.9. The molecular formula is C60H37N3. The fourth-order valence-electron chi connectivity index (χ4n) is 10.9. The summed E-state index contributed by atoms with van der Waals surface area (Å²) in [6.07, 6.45) is 0. The van der Waals surface area contributed by atoms with Gasteiger partial charge in [-0.2, -0.15) is 0 Å². The zero-order valence-corrected chi connectivity index (χ0v) is 34.2. The summed E-state index contributed by atoms with van der Waals surface area (Å²) in [5, 5.41) is 15.0. The average molecular weight is 800 g/mol. The molecule has 0 spiro atoms. The maximum Gasteiger partial charge on any atom is 0.0567 e. The highest BCUT2D eigenvalue weighted by Gasteiger charge is 2.22. The molecule has 0 bridgehead atoms. The highest BCUT2D eigenvalue weighted by molar-refractivity contribution is 6.28. The average Bonchev–Trinajstić information content (AvgIpc) is 3.99. The van der Waals surface area contributed by atoms with Gasteiger partial charge in [-0.15, -0.1) is 0 Å². The van der Waals surface area contributed by atoms with E-state index < -0.39 is 0 Å². The van der Waals surface area contributed by atoms with E-state index in [0.29, 0.717) is 0 Å². The molecule has 11 aromatic carbocycles. The van der Waals surface area contributed by atoms with Gasteiger partial charge in [0.2, 0.25) is 0 Å². The maximum absolute atomic E-state index is 2.53. The first kappa shape index (κ1) is 34.3. The standard InChI is InChI=1S/C60H37N3/c1-2-16-40(17-3-1)61-55-28-14-10-23-47(55)50-34-38(30-32-57(50)61)39-31-33-58-51(35-39)48-24-11-15-29-56(48)63(58)59-37-41(62-53-26-12-8-21-45(53)46-22-9-13-27-54(46)62)36-52-44-20-5-4-18-42(44)43-19-6-7-25-49(43)60(52)59/h1-37H. The van der Waals surface area contributed by atoms with E-state index in [1.807, 2.05) is 0 Å². The van der Waals surface area contributed by atoms with Crippen molar-refractivity contribution < 1.29 is 0 Å². The number of rotatable bonds is 4. The van der Waals surface area contributed by atoms with Gasteiger partial charge in [0.15, 0.2) is 0 Å². The molecule has 0 amide bonds. The van der Waals surface area contributed by atoms with E-state index in [4.69, 9.17) is 0 Å². The Morgan fingerprint density at radius 1 is 0.206 bits per heavy atom. The second-order valence-corrected chi connectivity index (χ2v) is 16.9. The van der Waals surface area contributed by atoms with Gasteiger partial charge in [0.1, 0.15) is 0 Å². The van der Waals surface area contributed by atoms with Crippen molar-refractivity contribution >= 4 is 97.7 Å². The summed E-state index contributed by atoms with van der Waals surface area (Å²) in [6, 6.07) is 82.9. The molecule has 14 aromatic rings. The predicted octanol–water partition coefficient (Wildman–Crippen LogP) is 16.1. The fourth-order valence-corrected chi connectivity index (χ4v) is 10.9. The van der Waals surface area contributed by atoms with Gasteiger partial charge in [-0.05, 0) is 111 Å². The largest absolute Gasteiger partial charge is 0.309 e. The summed E-state index contributed by atoms with van der Waals surface area (Å²) in [5.41, 5.74) is 13.1. The number of nitrogens with zero attached hydrogens (tertiary/aromatic N) is 3. The van der Waals surface area contributed by atoms with Crippen molar-refractivity contribution in [3.63, 3.8) is 0 Å². The molecule has 0 saturated heterocycles. The Labute approximate surface area is 362 Å². The van der Waals surface area contributed by atoms with Gasteiger partial charge in [0.05, 0.1) is 38.8 Å². The number of para-hydroxylation sites is 5. The van der Waals surface area contributed by atoms with E-state index in [9.17, 15) is 0 Å². The summed E-state index contributed by atoms with van der Waals surface area (Å²) in [4.78, 5) is 0. The van der Waals surface area contributed by atoms with Crippen LogP contribution in [0.5, 0.6) is 0 Å². The van der Waals surface area contributed by atoms with Gasteiger partial charge in [-0.3, -0.25) is 0 Å². The molecule has 0 aliphatic heterocycles. The van der Waals surface area contributed by atoms with Crippen molar-refractivity contribution in [3.05, 3.63) is 224 Å². The van der Waals surface area contributed by atoms with E-state index in [1.54, 1.807) is 0 Å². The maximum atomic E-state index is 2.53. The van der Waals surface area contributed by atoms with Crippen LogP contribution >= 0.6 is 0 Å². The first-order valence-electron chi connectivity index (χ1n) is 21.8. The Hall–Kier alpha value is -8.40. The summed E-state index contributed by atoms with van der Waals surface area (Å²) in [7, 11) is 0. The lowest BCUT2D eigenvalue weighted by Crippen LogP contribution is -2.01. The third-order valence-electron chi connectivity index (χ3n) is 13.6. The van der Waals surface area contributed by atoms with E-state index in [-0.39, 0.29) is 0 Å². The highest BCUT2D eigenvalue weighted by Crippen LogP contribution is 2.45.